The second-order valence-electron chi connectivity index (χ2n) is 5.33. The Morgan fingerprint density at radius 1 is 1.37 bits per heavy atom. The summed E-state index contributed by atoms with van der Waals surface area (Å²) in [5.74, 6) is 3.86. The van der Waals surface area contributed by atoms with Gasteiger partial charge in [-0.1, -0.05) is 5.16 Å². The van der Waals surface area contributed by atoms with Gasteiger partial charge in [-0.15, -0.1) is 0 Å². The molecule has 0 aromatic carbocycles. The summed E-state index contributed by atoms with van der Waals surface area (Å²) in [6.45, 7) is 2.77. The van der Waals surface area contributed by atoms with Gasteiger partial charge in [-0.2, -0.15) is 16.7 Å². The lowest BCUT2D eigenvalue weighted by Crippen LogP contribution is -2.38. The van der Waals surface area contributed by atoms with Crippen molar-refractivity contribution in [2.24, 2.45) is 0 Å². The number of nitrogens with zero attached hydrogens (tertiary/aromatic N) is 2. The van der Waals surface area contributed by atoms with E-state index in [2.05, 4.69) is 15.5 Å². The number of nitrogens with one attached hydrogen (secondary N) is 1. The largest absolute Gasteiger partial charge is 0.364 e. The van der Waals surface area contributed by atoms with Gasteiger partial charge in [0.1, 0.15) is 6.10 Å². The van der Waals surface area contributed by atoms with Crippen LogP contribution in [0, 0.1) is 6.92 Å². The van der Waals surface area contributed by atoms with Crippen molar-refractivity contribution in [2.75, 3.05) is 18.1 Å². The zero-order valence-electron chi connectivity index (χ0n) is 11.3. The van der Waals surface area contributed by atoms with Crippen LogP contribution in [0.1, 0.15) is 43.5 Å². The van der Waals surface area contributed by atoms with Gasteiger partial charge in [-0.25, -0.2) is 0 Å². The molecular formula is C13H21N3O2S. The molecule has 2 saturated heterocycles. The van der Waals surface area contributed by atoms with E-state index in [0.717, 1.165) is 19.4 Å². The SMILES string of the molecule is Cc1noc([C@@H]2CC[C@H](CN[C@@H]3CCCSC3)O2)n1. The summed E-state index contributed by atoms with van der Waals surface area (Å²) < 4.78 is 11.2. The number of aromatic nitrogens is 2. The second-order valence-corrected chi connectivity index (χ2v) is 6.48. The smallest absolute Gasteiger partial charge is 0.255 e. The van der Waals surface area contributed by atoms with Crippen molar-refractivity contribution in [2.45, 2.75) is 50.9 Å². The maximum Gasteiger partial charge on any atom is 0.255 e. The van der Waals surface area contributed by atoms with E-state index in [1.807, 2.05) is 18.7 Å². The summed E-state index contributed by atoms with van der Waals surface area (Å²) in [5.41, 5.74) is 0. The molecule has 6 heteroatoms. The van der Waals surface area contributed by atoms with E-state index in [4.69, 9.17) is 9.26 Å². The van der Waals surface area contributed by atoms with Crippen molar-refractivity contribution in [3.8, 4) is 0 Å². The van der Waals surface area contributed by atoms with Crippen LogP contribution in [0.2, 0.25) is 0 Å². The van der Waals surface area contributed by atoms with Crippen molar-refractivity contribution >= 4 is 11.8 Å². The van der Waals surface area contributed by atoms with Crippen LogP contribution in [-0.2, 0) is 4.74 Å². The molecule has 2 aliphatic rings. The maximum absolute atomic E-state index is 5.99. The van der Waals surface area contributed by atoms with Crippen LogP contribution in [0.15, 0.2) is 4.52 Å². The van der Waals surface area contributed by atoms with Crippen LogP contribution in [-0.4, -0.2) is 40.3 Å². The van der Waals surface area contributed by atoms with Gasteiger partial charge in [-0.05, 0) is 38.4 Å². The average molecular weight is 283 g/mol. The molecule has 3 rings (SSSR count). The predicted molar refractivity (Wildman–Crippen MR) is 74.2 cm³/mol. The summed E-state index contributed by atoms with van der Waals surface area (Å²) in [5, 5.41) is 7.45. The summed E-state index contributed by atoms with van der Waals surface area (Å²) in [6, 6.07) is 0.659. The molecule has 0 saturated carbocycles. The van der Waals surface area contributed by atoms with Gasteiger partial charge in [-0.3, -0.25) is 0 Å². The van der Waals surface area contributed by atoms with Crippen molar-refractivity contribution in [1.29, 1.82) is 0 Å². The van der Waals surface area contributed by atoms with Gasteiger partial charge in [0.2, 0.25) is 0 Å². The van der Waals surface area contributed by atoms with Crippen molar-refractivity contribution < 1.29 is 9.26 Å². The first kappa shape index (κ1) is 13.4. The Morgan fingerprint density at radius 2 is 2.32 bits per heavy atom. The van der Waals surface area contributed by atoms with Gasteiger partial charge >= 0.3 is 0 Å². The topological polar surface area (TPSA) is 60.2 Å². The molecular weight excluding hydrogens is 262 g/mol. The lowest BCUT2D eigenvalue weighted by atomic mass is 10.1. The number of aryl methyl sites for hydroxylation is 1. The third-order valence-electron chi connectivity index (χ3n) is 3.72. The van der Waals surface area contributed by atoms with Gasteiger partial charge < -0.3 is 14.6 Å². The highest BCUT2D eigenvalue weighted by Gasteiger charge is 2.30. The highest BCUT2D eigenvalue weighted by Crippen LogP contribution is 2.31. The van der Waals surface area contributed by atoms with Crippen LogP contribution >= 0.6 is 11.8 Å². The molecule has 1 aromatic heterocycles. The lowest BCUT2D eigenvalue weighted by molar-refractivity contribution is 0.0254. The minimum Gasteiger partial charge on any atom is -0.364 e. The normalized spacial score (nSPS) is 31.7. The van der Waals surface area contributed by atoms with Gasteiger partial charge in [0.25, 0.3) is 5.89 Å². The van der Waals surface area contributed by atoms with Gasteiger partial charge in [0.05, 0.1) is 6.10 Å². The molecule has 19 heavy (non-hydrogen) atoms. The number of rotatable bonds is 4. The van der Waals surface area contributed by atoms with Crippen LogP contribution < -0.4 is 5.32 Å². The quantitative estimate of drug-likeness (QED) is 0.913. The zero-order chi connectivity index (χ0) is 13.1. The van der Waals surface area contributed by atoms with E-state index < -0.39 is 0 Å². The Bertz CT molecular complexity index is 406. The monoisotopic (exact) mass is 283 g/mol. The summed E-state index contributed by atoms with van der Waals surface area (Å²) >= 11 is 2.05. The first-order chi connectivity index (χ1) is 9.31. The average Bonchev–Trinajstić information content (AvgIpc) is 3.06. The lowest BCUT2D eigenvalue weighted by Gasteiger charge is -2.24. The Balaban J connectivity index is 1.44. The van der Waals surface area contributed by atoms with Gasteiger partial charge in [0, 0.05) is 18.3 Å². The standard InChI is InChI=1S/C13H21N3O2S/c1-9-15-13(18-16-9)12-5-4-11(17-12)7-14-10-3-2-6-19-8-10/h10-12,14H,2-8H2,1H3/t10-,11-,12+/m1/s1. The number of hydrogen-bond donors (Lipinski definition) is 1. The molecule has 106 valence electrons. The molecule has 2 fully saturated rings. The molecule has 0 aliphatic carbocycles. The summed E-state index contributed by atoms with van der Waals surface area (Å²) in [7, 11) is 0. The molecule has 0 bridgehead atoms. The van der Waals surface area contributed by atoms with Crippen molar-refractivity contribution in [1.82, 2.24) is 15.5 Å². The molecule has 2 aliphatic heterocycles. The highest BCUT2D eigenvalue weighted by atomic mass is 32.2. The van der Waals surface area contributed by atoms with Crippen LogP contribution in [0.25, 0.3) is 0 Å². The first-order valence-electron chi connectivity index (χ1n) is 7.08. The number of ether oxygens (including phenoxy) is 1. The molecule has 1 aromatic rings. The molecule has 3 heterocycles. The minimum absolute atomic E-state index is 0.00580. The molecule has 5 nitrogen and oxygen atoms in total. The third kappa shape index (κ3) is 3.49. The van der Waals surface area contributed by atoms with E-state index in [1.54, 1.807) is 0 Å². The minimum atomic E-state index is -0.00580. The van der Waals surface area contributed by atoms with E-state index in [1.165, 1.54) is 24.3 Å². The molecule has 0 amide bonds. The van der Waals surface area contributed by atoms with Gasteiger partial charge in [0.15, 0.2) is 5.82 Å². The Hall–Kier alpha value is -0.590. The molecule has 0 spiro atoms. The number of hydrogen-bond acceptors (Lipinski definition) is 6. The molecule has 1 N–H and O–H groups in total. The van der Waals surface area contributed by atoms with E-state index >= 15 is 0 Å². The van der Waals surface area contributed by atoms with E-state index in [-0.39, 0.29) is 12.2 Å². The van der Waals surface area contributed by atoms with Crippen molar-refractivity contribution in [3.05, 3.63) is 11.7 Å². The third-order valence-corrected chi connectivity index (χ3v) is 4.94. The highest BCUT2D eigenvalue weighted by molar-refractivity contribution is 7.99. The molecule has 0 radical (unpaired) electrons. The number of thioether (sulfide) groups is 1. The van der Waals surface area contributed by atoms with Crippen LogP contribution in [0.5, 0.6) is 0 Å². The van der Waals surface area contributed by atoms with E-state index in [0.29, 0.717) is 17.8 Å². The Morgan fingerprint density at radius 3 is 3.05 bits per heavy atom. The van der Waals surface area contributed by atoms with Crippen molar-refractivity contribution in [3.63, 3.8) is 0 Å². The summed E-state index contributed by atoms with van der Waals surface area (Å²) in [4.78, 5) is 4.25. The van der Waals surface area contributed by atoms with E-state index in [9.17, 15) is 0 Å². The Labute approximate surface area is 117 Å². The predicted octanol–water partition coefficient (Wildman–Crippen LogP) is 2.08. The molecule has 0 unspecified atom stereocenters. The maximum atomic E-state index is 5.99. The Kier molecular flexibility index (Phi) is 4.40. The summed E-state index contributed by atoms with van der Waals surface area (Å²) in [6.07, 6.45) is 4.95. The fourth-order valence-electron chi connectivity index (χ4n) is 2.68. The van der Waals surface area contributed by atoms with Crippen LogP contribution in [0.4, 0.5) is 0 Å². The fourth-order valence-corrected chi connectivity index (χ4v) is 3.79. The first-order valence-corrected chi connectivity index (χ1v) is 8.23. The van der Waals surface area contributed by atoms with Crippen LogP contribution in [0.3, 0.4) is 0 Å². The molecule has 3 atom stereocenters. The fraction of sp³-hybridized carbons (Fsp3) is 0.846. The zero-order valence-corrected chi connectivity index (χ0v) is 12.1. The second kappa shape index (κ2) is 6.24.